The number of aliphatic carboxylic acids is 1. The van der Waals surface area contributed by atoms with Gasteiger partial charge in [-0.25, -0.2) is 13.1 Å². The molecule has 0 spiro atoms. The van der Waals surface area contributed by atoms with Gasteiger partial charge in [0.15, 0.2) is 0 Å². The number of amides is 1. The summed E-state index contributed by atoms with van der Waals surface area (Å²) in [5, 5.41) is 11.7. The average Bonchev–Trinajstić information content (AvgIpc) is 2.33. The number of hydrogen-bond acceptors (Lipinski definition) is 4. The molecule has 21 heavy (non-hydrogen) atoms. The predicted molar refractivity (Wildman–Crippen MR) is 78.2 cm³/mol. The Morgan fingerprint density at radius 2 is 1.81 bits per heavy atom. The van der Waals surface area contributed by atoms with Crippen LogP contribution in [0.2, 0.25) is 0 Å². The highest BCUT2D eigenvalue weighted by Gasteiger charge is 2.32. The SMILES string of the molecule is CC(C)(CNC(=O)C1CCCC(C(=O)O)C1)NS(C)(=O)=O. The summed E-state index contributed by atoms with van der Waals surface area (Å²) in [4.78, 5) is 23.1. The Morgan fingerprint density at radius 1 is 1.24 bits per heavy atom. The summed E-state index contributed by atoms with van der Waals surface area (Å²) in [5.74, 6) is -1.83. The number of carbonyl (C=O) groups is 2. The predicted octanol–water partition coefficient (Wildman–Crippen LogP) is 0.321. The zero-order chi connectivity index (χ0) is 16.3. The fourth-order valence-electron chi connectivity index (χ4n) is 2.64. The summed E-state index contributed by atoms with van der Waals surface area (Å²) in [7, 11) is -3.35. The molecule has 1 fully saturated rings. The van der Waals surface area contributed by atoms with E-state index in [9.17, 15) is 18.0 Å². The van der Waals surface area contributed by atoms with Gasteiger partial charge in [-0.1, -0.05) is 6.42 Å². The summed E-state index contributed by atoms with van der Waals surface area (Å²) in [5.41, 5.74) is -0.788. The van der Waals surface area contributed by atoms with Gasteiger partial charge >= 0.3 is 5.97 Å². The minimum Gasteiger partial charge on any atom is -0.481 e. The van der Waals surface area contributed by atoms with Crippen molar-refractivity contribution in [2.75, 3.05) is 12.8 Å². The highest BCUT2D eigenvalue weighted by molar-refractivity contribution is 7.88. The average molecular weight is 320 g/mol. The Labute approximate surface area is 125 Å². The van der Waals surface area contributed by atoms with Gasteiger partial charge in [-0.3, -0.25) is 9.59 Å². The fourth-order valence-corrected chi connectivity index (χ4v) is 3.72. The first-order valence-electron chi connectivity index (χ1n) is 7.00. The quantitative estimate of drug-likeness (QED) is 0.652. The Balaban J connectivity index is 2.51. The Kier molecular flexibility index (Phi) is 5.75. The number of carbonyl (C=O) groups excluding carboxylic acids is 1. The second kappa shape index (κ2) is 6.74. The molecule has 3 N–H and O–H groups in total. The molecule has 2 atom stereocenters. The lowest BCUT2D eigenvalue weighted by molar-refractivity contribution is -0.144. The van der Waals surface area contributed by atoms with Gasteiger partial charge < -0.3 is 10.4 Å². The maximum atomic E-state index is 12.1. The standard InChI is InChI=1S/C13H24N2O5S/c1-13(2,15-21(3,19)20)8-14-11(16)9-5-4-6-10(7-9)12(17)18/h9-10,15H,4-8H2,1-3H3,(H,14,16)(H,17,18). The molecule has 0 aliphatic heterocycles. The van der Waals surface area contributed by atoms with Crippen molar-refractivity contribution in [2.45, 2.75) is 45.1 Å². The highest BCUT2D eigenvalue weighted by atomic mass is 32.2. The van der Waals surface area contributed by atoms with Crippen LogP contribution in [0, 0.1) is 11.8 Å². The maximum absolute atomic E-state index is 12.1. The van der Waals surface area contributed by atoms with Crippen LogP contribution in [0.1, 0.15) is 39.5 Å². The molecule has 0 aromatic heterocycles. The second-order valence-corrected chi connectivity index (χ2v) is 8.12. The lowest BCUT2D eigenvalue weighted by Gasteiger charge is -2.29. The summed E-state index contributed by atoms with van der Waals surface area (Å²) >= 11 is 0. The summed E-state index contributed by atoms with van der Waals surface area (Å²) in [6, 6.07) is 0. The molecule has 1 aliphatic rings. The topological polar surface area (TPSA) is 113 Å². The van der Waals surface area contributed by atoms with Crippen molar-refractivity contribution < 1.29 is 23.1 Å². The van der Waals surface area contributed by atoms with Crippen molar-refractivity contribution in [3.8, 4) is 0 Å². The van der Waals surface area contributed by atoms with Gasteiger partial charge in [0.1, 0.15) is 0 Å². The zero-order valence-corrected chi connectivity index (χ0v) is 13.5. The first-order valence-corrected chi connectivity index (χ1v) is 8.89. The Morgan fingerprint density at radius 3 is 2.33 bits per heavy atom. The lowest BCUT2D eigenvalue weighted by atomic mass is 9.81. The monoisotopic (exact) mass is 320 g/mol. The van der Waals surface area contributed by atoms with Crippen LogP contribution in [0.3, 0.4) is 0 Å². The molecule has 0 aromatic carbocycles. The third-order valence-electron chi connectivity index (χ3n) is 3.56. The van der Waals surface area contributed by atoms with Gasteiger partial charge in [0.25, 0.3) is 0 Å². The van der Waals surface area contributed by atoms with Crippen molar-refractivity contribution >= 4 is 21.9 Å². The van der Waals surface area contributed by atoms with E-state index in [1.165, 1.54) is 0 Å². The van der Waals surface area contributed by atoms with Gasteiger partial charge in [0.05, 0.1) is 12.2 Å². The third-order valence-corrected chi connectivity index (χ3v) is 4.48. The van der Waals surface area contributed by atoms with Crippen LogP contribution < -0.4 is 10.0 Å². The van der Waals surface area contributed by atoms with E-state index in [1.54, 1.807) is 13.8 Å². The van der Waals surface area contributed by atoms with E-state index in [1.807, 2.05) is 0 Å². The second-order valence-electron chi connectivity index (χ2n) is 6.37. The van der Waals surface area contributed by atoms with Crippen molar-refractivity contribution in [1.29, 1.82) is 0 Å². The smallest absolute Gasteiger partial charge is 0.306 e. The van der Waals surface area contributed by atoms with E-state index in [4.69, 9.17) is 5.11 Å². The molecule has 7 nitrogen and oxygen atoms in total. The molecule has 0 aromatic rings. The molecule has 8 heteroatoms. The van der Waals surface area contributed by atoms with Crippen molar-refractivity contribution in [3.05, 3.63) is 0 Å². The number of nitrogens with one attached hydrogen (secondary N) is 2. The van der Waals surface area contributed by atoms with Crippen molar-refractivity contribution in [1.82, 2.24) is 10.0 Å². The van der Waals surface area contributed by atoms with Gasteiger partial charge in [0.2, 0.25) is 15.9 Å². The van der Waals surface area contributed by atoms with Crippen LogP contribution in [0.25, 0.3) is 0 Å². The number of hydrogen-bond donors (Lipinski definition) is 3. The van der Waals surface area contributed by atoms with E-state index >= 15 is 0 Å². The van der Waals surface area contributed by atoms with Crippen LogP contribution in [-0.4, -0.2) is 43.7 Å². The molecular formula is C13H24N2O5S. The maximum Gasteiger partial charge on any atom is 0.306 e. The summed E-state index contributed by atoms with van der Waals surface area (Å²) < 4.78 is 24.9. The molecule has 0 radical (unpaired) electrons. The molecule has 122 valence electrons. The van der Waals surface area contributed by atoms with E-state index in [0.717, 1.165) is 12.7 Å². The minimum absolute atomic E-state index is 0.160. The first-order chi connectivity index (χ1) is 9.50. The van der Waals surface area contributed by atoms with Crippen LogP contribution >= 0.6 is 0 Å². The van der Waals surface area contributed by atoms with Crippen LogP contribution in [-0.2, 0) is 19.6 Å². The summed E-state index contributed by atoms with van der Waals surface area (Å²) in [6.07, 6.45) is 3.42. The summed E-state index contributed by atoms with van der Waals surface area (Å²) in [6.45, 7) is 3.51. The van der Waals surface area contributed by atoms with Crippen LogP contribution in [0.5, 0.6) is 0 Å². The molecule has 1 aliphatic carbocycles. The third kappa shape index (κ3) is 6.43. The molecule has 1 amide bonds. The minimum atomic E-state index is -3.35. The van der Waals surface area contributed by atoms with Gasteiger partial charge in [0, 0.05) is 18.0 Å². The number of carboxylic acid groups (broad SMARTS) is 1. The fraction of sp³-hybridized carbons (Fsp3) is 0.846. The van der Waals surface area contributed by atoms with Gasteiger partial charge in [-0.05, 0) is 33.1 Å². The molecule has 1 rings (SSSR count). The van der Waals surface area contributed by atoms with E-state index in [-0.39, 0.29) is 18.4 Å². The molecule has 1 saturated carbocycles. The zero-order valence-electron chi connectivity index (χ0n) is 12.7. The first kappa shape index (κ1) is 17.9. The Bertz CT molecular complexity index is 501. The number of carboxylic acids is 1. The molecule has 0 bridgehead atoms. The van der Waals surface area contributed by atoms with E-state index in [2.05, 4.69) is 10.0 Å². The van der Waals surface area contributed by atoms with Crippen molar-refractivity contribution in [2.24, 2.45) is 11.8 Å². The van der Waals surface area contributed by atoms with Crippen LogP contribution in [0.15, 0.2) is 0 Å². The molecule has 0 heterocycles. The largest absolute Gasteiger partial charge is 0.481 e. The number of rotatable bonds is 6. The highest BCUT2D eigenvalue weighted by Crippen LogP contribution is 2.29. The van der Waals surface area contributed by atoms with Crippen LogP contribution in [0.4, 0.5) is 0 Å². The van der Waals surface area contributed by atoms with E-state index < -0.39 is 27.4 Å². The Hall–Kier alpha value is -1.15. The molecule has 2 unspecified atom stereocenters. The normalized spacial score (nSPS) is 23.6. The van der Waals surface area contributed by atoms with Gasteiger partial charge in [-0.15, -0.1) is 0 Å². The van der Waals surface area contributed by atoms with Gasteiger partial charge in [-0.2, -0.15) is 0 Å². The van der Waals surface area contributed by atoms with E-state index in [0.29, 0.717) is 19.3 Å². The lowest BCUT2D eigenvalue weighted by Crippen LogP contribution is -2.52. The molecular weight excluding hydrogens is 296 g/mol. The number of sulfonamides is 1. The molecule has 0 saturated heterocycles. The van der Waals surface area contributed by atoms with Crippen molar-refractivity contribution in [3.63, 3.8) is 0 Å².